The van der Waals surface area contributed by atoms with E-state index in [9.17, 15) is 9.59 Å². The molecule has 5 rings (SSSR count). The third-order valence-electron chi connectivity index (χ3n) is 6.61. The molecule has 0 aromatic heterocycles. The van der Waals surface area contributed by atoms with Gasteiger partial charge in [0.1, 0.15) is 0 Å². The second-order valence-electron chi connectivity index (χ2n) is 7.99. The molecule has 5 aliphatic rings. The molecule has 2 fully saturated rings. The lowest BCUT2D eigenvalue weighted by atomic mass is 9.86. The van der Waals surface area contributed by atoms with E-state index in [1.54, 1.807) is 0 Å². The topological polar surface area (TPSA) is 52.6 Å². The van der Waals surface area contributed by atoms with E-state index in [4.69, 9.17) is 4.74 Å². The first-order chi connectivity index (χ1) is 13.1. The highest BCUT2D eigenvalue weighted by Gasteiger charge is 2.44. The minimum atomic E-state index is -0.394. The van der Waals surface area contributed by atoms with Gasteiger partial charge in [-0.25, -0.2) is 4.79 Å². The van der Waals surface area contributed by atoms with E-state index in [1.807, 2.05) is 0 Å². The fourth-order valence-electron chi connectivity index (χ4n) is 5.26. The van der Waals surface area contributed by atoms with Gasteiger partial charge in [-0.3, -0.25) is 4.79 Å². The first kappa shape index (κ1) is 22.2. The van der Waals surface area contributed by atoms with Crippen molar-refractivity contribution in [2.45, 2.75) is 33.1 Å². The van der Waals surface area contributed by atoms with Crippen LogP contribution in [0.5, 0.6) is 0 Å². The van der Waals surface area contributed by atoms with Crippen molar-refractivity contribution in [2.75, 3.05) is 14.2 Å². The van der Waals surface area contributed by atoms with E-state index < -0.39 is 5.97 Å². The van der Waals surface area contributed by atoms with Gasteiger partial charge < -0.3 is 9.47 Å². The van der Waals surface area contributed by atoms with E-state index in [0.717, 1.165) is 36.2 Å². The molecule has 0 aliphatic heterocycles. The van der Waals surface area contributed by atoms with Crippen molar-refractivity contribution in [3.8, 4) is 0 Å². The molecule has 0 aromatic rings. The van der Waals surface area contributed by atoms with Crippen LogP contribution in [-0.2, 0) is 19.1 Å². The number of fused-ring (bicyclic) bond motifs is 7. The van der Waals surface area contributed by atoms with Gasteiger partial charge >= 0.3 is 11.9 Å². The Hall–Kier alpha value is -2.10. The molecule has 28 heavy (non-hydrogen) atoms. The summed E-state index contributed by atoms with van der Waals surface area (Å²) < 4.78 is 8.86. The van der Waals surface area contributed by atoms with Gasteiger partial charge in [-0.1, -0.05) is 50.5 Å². The molecule has 2 saturated carbocycles. The Morgan fingerprint density at radius 2 is 1.64 bits per heavy atom. The number of rotatable bonds is 2. The van der Waals surface area contributed by atoms with Crippen LogP contribution in [0.4, 0.5) is 0 Å². The fourth-order valence-corrected chi connectivity index (χ4v) is 5.26. The van der Waals surface area contributed by atoms with Crippen molar-refractivity contribution < 1.29 is 19.1 Å². The van der Waals surface area contributed by atoms with Crippen LogP contribution in [0.15, 0.2) is 49.1 Å². The first-order valence-corrected chi connectivity index (χ1v) is 9.88. The largest absolute Gasteiger partial charge is 0.469 e. The van der Waals surface area contributed by atoms with Gasteiger partial charge in [-0.05, 0) is 61.2 Å². The van der Waals surface area contributed by atoms with Crippen LogP contribution in [0.3, 0.4) is 0 Å². The maximum Gasteiger partial charge on any atom is 0.329 e. The molecule has 4 heteroatoms. The van der Waals surface area contributed by atoms with E-state index in [2.05, 4.69) is 47.8 Å². The van der Waals surface area contributed by atoms with E-state index >= 15 is 0 Å². The molecule has 154 valence electrons. The van der Waals surface area contributed by atoms with Crippen molar-refractivity contribution in [1.82, 2.24) is 0 Å². The highest BCUT2D eigenvalue weighted by Crippen LogP contribution is 2.52. The fraction of sp³-hybridized carbons (Fsp3) is 0.583. The molecule has 0 aromatic carbocycles. The Bertz CT molecular complexity index is 660. The zero-order chi connectivity index (χ0) is 19.4. The summed E-state index contributed by atoms with van der Waals surface area (Å²) in [5.74, 6) is 4.70. The Kier molecular flexibility index (Phi) is 7.85. The molecule has 4 nitrogen and oxygen atoms in total. The standard InChI is InChI=1S/C10H12.C9H12O2.C4H6O2.CH4/c1-2-9-7-4-5-8(6-7)10(9)3-1;1-11-9(10)8-5-6-2-3-7(8)4-6;1-3-4(5)6-2;/h1-2,4-5,7-10H,3,6H2;2-3,6-8H,4-5H2,1H3;3H,1H2,2H3;1H4. The van der Waals surface area contributed by atoms with Crippen LogP contribution >= 0.6 is 0 Å². The molecular weight excluding hydrogens is 352 g/mol. The van der Waals surface area contributed by atoms with Crippen molar-refractivity contribution in [3.05, 3.63) is 49.1 Å². The number of carbonyl (C=O) groups is 2. The monoisotopic (exact) mass is 386 g/mol. The summed E-state index contributed by atoms with van der Waals surface area (Å²) in [5.41, 5.74) is 0. The smallest absolute Gasteiger partial charge is 0.329 e. The SMILES string of the molecule is C.C1=CC2C3C=CC(C3)C2C1.C=CC(=O)OC.COC(=O)C1CC2C=CC1C2. The average molecular weight is 387 g/mol. The first-order valence-electron chi connectivity index (χ1n) is 9.88. The number of allylic oxidation sites excluding steroid dienone is 6. The summed E-state index contributed by atoms with van der Waals surface area (Å²) in [6, 6.07) is 0. The second-order valence-corrected chi connectivity index (χ2v) is 7.99. The number of hydrogen-bond acceptors (Lipinski definition) is 4. The quantitative estimate of drug-likeness (QED) is 0.391. The number of esters is 2. The Morgan fingerprint density at radius 3 is 2.14 bits per heavy atom. The molecule has 7 unspecified atom stereocenters. The lowest BCUT2D eigenvalue weighted by Crippen LogP contribution is -2.19. The van der Waals surface area contributed by atoms with Crippen LogP contribution in [0.2, 0.25) is 0 Å². The van der Waals surface area contributed by atoms with E-state index in [-0.39, 0.29) is 19.3 Å². The Morgan fingerprint density at radius 1 is 0.929 bits per heavy atom. The average Bonchev–Trinajstić information content (AvgIpc) is 3.51. The summed E-state index contributed by atoms with van der Waals surface area (Å²) >= 11 is 0. The molecule has 0 amide bonds. The van der Waals surface area contributed by atoms with Crippen molar-refractivity contribution >= 4 is 11.9 Å². The molecule has 0 saturated heterocycles. The zero-order valence-corrected chi connectivity index (χ0v) is 16.3. The lowest BCUT2D eigenvalue weighted by Gasteiger charge is -2.18. The van der Waals surface area contributed by atoms with Crippen LogP contribution in [-0.4, -0.2) is 26.2 Å². The highest BCUT2D eigenvalue weighted by molar-refractivity contribution is 5.80. The number of ether oxygens (including phenoxy) is 2. The van der Waals surface area contributed by atoms with Gasteiger partial charge in [0.15, 0.2) is 0 Å². The predicted octanol–water partition coefficient (Wildman–Crippen LogP) is 4.74. The minimum Gasteiger partial charge on any atom is -0.469 e. The third kappa shape index (κ3) is 4.65. The molecule has 4 bridgehead atoms. The molecule has 0 heterocycles. The van der Waals surface area contributed by atoms with Gasteiger partial charge in [-0.2, -0.15) is 0 Å². The number of methoxy groups -OCH3 is 2. The molecule has 0 spiro atoms. The summed E-state index contributed by atoms with van der Waals surface area (Å²) in [5, 5.41) is 0. The van der Waals surface area contributed by atoms with Crippen LogP contribution in [0.25, 0.3) is 0 Å². The lowest BCUT2D eigenvalue weighted by molar-refractivity contribution is -0.146. The summed E-state index contributed by atoms with van der Waals surface area (Å²) in [6.45, 7) is 3.16. The summed E-state index contributed by atoms with van der Waals surface area (Å²) in [4.78, 5) is 21.0. The van der Waals surface area contributed by atoms with Crippen LogP contribution < -0.4 is 0 Å². The molecule has 0 radical (unpaired) electrons. The van der Waals surface area contributed by atoms with E-state index in [1.165, 1.54) is 33.5 Å². The third-order valence-corrected chi connectivity index (χ3v) is 6.61. The van der Waals surface area contributed by atoms with Gasteiger partial charge in [0.05, 0.1) is 20.1 Å². The van der Waals surface area contributed by atoms with Crippen LogP contribution in [0.1, 0.15) is 33.1 Å². The normalized spacial score (nSPS) is 36.4. The van der Waals surface area contributed by atoms with Gasteiger partial charge in [-0.15, -0.1) is 0 Å². The van der Waals surface area contributed by atoms with Crippen molar-refractivity contribution in [2.24, 2.45) is 41.4 Å². The maximum absolute atomic E-state index is 11.1. The predicted molar refractivity (Wildman–Crippen MR) is 111 cm³/mol. The van der Waals surface area contributed by atoms with Gasteiger partial charge in [0.2, 0.25) is 0 Å². The molecule has 7 atom stereocenters. The molecular formula is C24H34O4. The molecule has 5 aliphatic carbocycles. The number of hydrogen-bond donors (Lipinski definition) is 0. The van der Waals surface area contributed by atoms with Crippen LogP contribution in [0, 0.1) is 41.4 Å². The van der Waals surface area contributed by atoms with Crippen molar-refractivity contribution in [3.63, 3.8) is 0 Å². The number of carbonyl (C=O) groups excluding carboxylic acids is 2. The van der Waals surface area contributed by atoms with Gasteiger partial charge in [0.25, 0.3) is 0 Å². The summed E-state index contributed by atoms with van der Waals surface area (Å²) in [7, 11) is 2.78. The Balaban J connectivity index is 0.000000155. The zero-order valence-electron chi connectivity index (χ0n) is 16.3. The van der Waals surface area contributed by atoms with E-state index in [0.29, 0.717) is 11.8 Å². The Labute approximate surface area is 169 Å². The highest BCUT2D eigenvalue weighted by atomic mass is 16.5. The maximum atomic E-state index is 11.1. The second kappa shape index (κ2) is 9.90. The van der Waals surface area contributed by atoms with Crippen molar-refractivity contribution in [1.29, 1.82) is 0 Å². The summed E-state index contributed by atoms with van der Waals surface area (Å²) in [6.07, 6.45) is 20.2. The minimum absolute atomic E-state index is 0. The van der Waals surface area contributed by atoms with Gasteiger partial charge in [0, 0.05) is 6.08 Å². The molecule has 0 N–H and O–H groups in total.